The normalized spacial score (nSPS) is 22.1. The SMILES string of the molecule is CC(C)CN1CC(C(=O)N2CCC(c3cc(=O)[nH]cn3)CC2)CCC1=O. The Bertz CT molecular complexity index is 707. The van der Waals surface area contributed by atoms with Crippen LogP contribution >= 0.6 is 0 Å². The van der Waals surface area contributed by atoms with Crippen molar-refractivity contribution in [1.82, 2.24) is 19.8 Å². The van der Waals surface area contributed by atoms with Crippen molar-refractivity contribution in [2.24, 2.45) is 11.8 Å². The Balaban J connectivity index is 1.56. The Labute approximate surface area is 153 Å². The number of carbonyl (C=O) groups excluding carboxylic acids is 2. The van der Waals surface area contributed by atoms with E-state index in [1.54, 1.807) is 6.07 Å². The maximum atomic E-state index is 12.9. The second kappa shape index (κ2) is 8.01. The molecule has 0 aliphatic carbocycles. The number of nitrogens with one attached hydrogen (secondary N) is 1. The third-order valence-electron chi connectivity index (χ3n) is 5.36. The average molecular weight is 360 g/mol. The smallest absolute Gasteiger partial charge is 0.250 e. The molecule has 0 radical (unpaired) electrons. The Hall–Kier alpha value is -2.18. The van der Waals surface area contributed by atoms with Gasteiger partial charge in [0.1, 0.15) is 0 Å². The van der Waals surface area contributed by atoms with Crippen molar-refractivity contribution in [3.63, 3.8) is 0 Å². The van der Waals surface area contributed by atoms with E-state index in [0.29, 0.717) is 38.4 Å². The van der Waals surface area contributed by atoms with Gasteiger partial charge in [-0.2, -0.15) is 0 Å². The minimum atomic E-state index is -0.134. The number of hydrogen-bond acceptors (Lipinski definition) is 4. The molecule has 1 N–H and O–H groups in total. The number of hydrogen-bond donors (Lipinski definition) is 1. The molecule has 2 amide bonds. The highest BCUT2D eigenvalue weighted by Gasteiger charge is 2.34. The molecule has 0 bridgehead atoms. The lowest BCUT2D eigenvalue weighted by Gasteiger charge is -2.38. The number of carbonyl (C=O) groups is 2. The Morgan fingerprint density at radius 3 is 2.65 bits per heavy atom. The molecule has 1 unspecified atom stereocenters. The molecule has 7 nitrogen and oxygen atoms in total. The predicted octanol–water partition coefficient (Wildman–Crippen LogP) is 1.37. The van der Waals surface area contributed by atoms with Crippen LogP contribution in [0.2, 0.25) is 0 Å². The van der Waals surface area contributed by atoms with E-state index in [4.69, 9.17) is 0 Å². The zero-order valence-electron chi connectivity index (χ0n) is 15.6. The van der Waals surface area contributed by atoms with Crippen LogP contribution in [-0.2, 0) is 9.59 Å². The van der Waals surface area contributed by atoms with Gasteiger partial charge in [0, 0.05) is 44.6 Å². The maximum absolute atomic E-state index is 12.9. The first-order valence-corrected chi connectivity index (χ1v) is 9.55. The topological polar surface area (TPSA) is 86.4 Å². The maximum Gasteiger partial charge on any atom is 0.250 e. The average Bonchev–Trinajstić information content (AvgIpc) is 2.63. The summed E-state index contributed by atoms with van der Waals surface area (Å²) in [5, 5.41) is 0. The summed E-state index contributed by atoms with van der Waals surface area (Å²) in [4.78, 5) is 47.0. The number of nitrogens with zero attached hydrogens (tertiary/aromatic N) is 3. The predicted molar refractivity (Wildman–Crippen MR) is 97.6 cm³/mol. The van der Waals surface area contributed by atoms with Crippen molar-refractivity contribution >= 4 is 11.8 Å². The highest BCUT2D eigenvalue weighted by Crippen LogP contribution is 2.28. The number of amides is 2. The summed E-state index contributed by atoms with van der Waals surface area (Å²) < 4.78 is 0. The fourth-order valence-electron chi connectivity index (χ4n) is 3.99. The van der Waals surface area contributed by atoms with E-state index in [-0.39, 0.29) is 29.2 Å². The summed E-state index contributed by atoms with van der Waals surface area (Å²) in [6.45, 7) is 6.82. The van der Waals surface area contributed by atoms with Gasteiger partial charge in [-0.1, -0.05) is 13.8 Å². The number of aromatic amines is 1. The summed E-state index contributed by atoms with van der Waals surface area (Å²) in [5.41, 5.74) is 0.679. The summed E-state index contributed by atoms with van der Waals surface area (Å²) in [6, 6.07) is 1.55. The molecule has 0 saturated carbocycles. The molecular formula is C19H28N4O3. The van der Waals surface area contributed by atoms with E-state index in [1.807, 2.05) is 9.80 Å². The van der Waals surface area contributed by atoms with Gasteiger partial charge in [-0.3, -0.25) is 14.4 Å². The number of H-pyrrole nitrogens is 1. The van der Waals surface area contributed by atoms with Gasteiger partial charge in [-0.05, 0) is 25.2 Å². The van der Waals surface area contributed by atoms with Crippen LogP contribution in [0.3, 0.4) is 0 Å². The van der Waals surface area contributed by atoms with Gasteiger partial charge >= 0.3 is 0 Å². The Kier molecular flexibility index (Phi) is 5.74. The largest absolute Gasteiger partial charge is 0.342 e. The molecule has 3 heterocycles. The van der Waals surface area contributed by atoms with Gasteiger partial charge in [0.15, 0.2) is 0 Å². The second-order valence-electron chi connectivity index (χ2n) is 7.86. The molecule has 7 heteroatoms. The highest BCUT2D eigenvalue weighted by atomic mass is 16.2. The molecule has 26 heavy (non-hydrogen) atoms. The van der Waals surface area contributed by atoms with Crippen molar-refractivity contribution in [3.05, 3.63) is 28.4 Å². The third kappa shape index (κ3) is 4.31. The third-order valence-corrected chi connectivity index (χ3v) is 5.36. The summed E-state index contributed by atoms with van der Waals surface area (Å²) >= 11 is 0. The van der Waals surface area contributed by atoms with E-state index >= 15 is 0 Å². The van der Waals surface area contributed by atoms with Crippen LogP contribution in [0.5, 0.6) is 0 Å². The fraction of sp³-hybridized carbons (Fsp3) is 0.684. The van der Waals surface area contributed by atoms with Crippen LogP contribution in [0.4, 0.5) is 0 Å². The summed E-state index contributed by atoms with van der Waals surface area (Å²) in [5.74, 6) is 0.892. The molecule has 2 aliphatic rings. The van der Waals surface area contributed by atoms with Crippen molar-refractivity contribution in [3.8, 4) is 0 Å². The van der Waals surface area contributed by atoms with Crippen LogP contribution in [0, 0.1) is 11.8 Å². The molecule has 2 fully saturated rings. The highest BCUT2D eigenvalue weighted by molar-refractivity contribution is 5.84. The van der Waals surface area contributed by atoms with E-state index < -0.39 is 0 Å². The van der Waals surface area contributed by atoms with Crippen LogP contribution in [0.25, 0.3) is 0 Å². The molecule has 3 rings (SSSR count). The number of rotatable bonds is 4. The summed E-state index contributed by atoms with van der Waals surface area (Å²) in [6.07, 6.45) is 4.21. The molecule has 142 valence electrons. The zero-order valence-corrected chi connectivity index (χ0v) is 15.6. The zero-order chi connectivity index (χ0) is 18.7. The quantitative estimate of drug-likeness (QED) is 0.879. The first kappa shape index (κ1) is 18.6. The summed E-state index contributed by atoms with van der Waals surface area (Å²) in [7, 11) is 0. The van der Waals surface area contributed by atoms with Gasteiger partial charge in [0.2, 0.25) is 11.8 Å². The molecule has 2 saturated heterocycles. The van der Waals surface area contributed by atoms with Crippen LogP contribution in [0.1, 0.15) is 51.1 Å². The number of likely N-dealkylation sites (tertiary alicyclic amines) is 2. The van der Waals surface area contributed by atoms with Crippen LogP contribution in [-0.4, -0.2) is 57.8 Å². The van der Waals surface area contributed by atoms with Crippen LogP contribution < -0.4 is 5.56 Å². The molecule has 0 aromatic carbocycles. The minimum Gasteiger partial charge on any atom is -0.342 e. The van der Waals surface area contributed by atoms with Gasteiger partial charge in [-0.25, -0.2) is 4.98 Å². The molecule has 1 aromatic rings. The van der Waals surface area contributed by atoms with E-state index in [9.17, 15) is 14.4 Å². The molecule has 0 spiro atoms. The fourth-order valence-corrected chi connectivity index (χ4v) is 3.99. The second-order valence-corrected chi connectivity index (χ2v) is 7.86. The molecule has 1 atom stereocenters. The first-order chi connectivity index (χ1) is 12.4. The van der Waals surface area contributed by atoms with Crippen molar-refractivity contribution in [2.45, 2.75) is 45.4 Å². The Morgan fingerprint density at radius 1 is 1.27 bits per heavy atom. The first-order valence-electron chi connectivity index (χ1n) is 9.55. The van der Waals surface area contributed by atoms with Crippen molar-refractivity contribution in [1.29, 1.82) is 0 Å². The lowest BCUT2D eigenvalue weighted by molar-refractivity contribution is -0.144. The lowest BCUT2D eigenvalue weighted by Crippen LogP contribution is -2.49. The van der Waals surface area contributed by atoms with Crippen LogP contribution in [0.15, 0.2) is 17.2 Å². The minimum absolute atomic E-state index is 0.0827. The van der Waals surface area contributed by atoms with E-state index in [0.717, 1.165) is 25.1 Å². The van der Waals surface area contributed by atoms with Gasteiger partial charge in [0.25, 0.3) is 5.56 Å². The van der Waals surface area contributed by atoms with Crippen molar-refractivity contribution in [2.75, 3.05) is 26.2 Å². The number of aromatic nitrogens is 2. The molecular weight excluding hydrogens is 332 g/mol. The molecule has 1 aromatic heterocycles. The van der Waals surface area contributed by atoms with Gasteiger partial charge < -0.3 is 14.8 Å². The van der Waals surface area contributed by atoms with Gasteiger partial charge in [-0.15, -0.1) is 0 Å². The standard InChI is InChI=1S/C19H28N4O3/c1-13(2)10-23-11-15(3-4-18(23)25)19(26)22-7-5-14(6-8-22)16-9-17(24)21-12-20-16/h9,12-15H,3-8,10-11H2,1-2H3,(H,20,21,24). The lowest BCUT2D eigenvalue weighted by atomic mass is 9.90. The van der Waals surface area contributed by atoms with E-state index in [1.165, 1.54) is 6.33 Å². The Morgan fingerprint density at radius 2 is 2.00 bits per heavy atom. The monoisotopic (exact) mass is 360 g/mol. The van der Waals surface area contributed by atoms with Gasteiger partial charge in [0.05, 0.1) is 17.9 Å². The number of piperidine rings is 2. The molecule has 2 aliphatic heterocycles. The van der Waals surface area contributed by atoms with Crippen molar-refractivity contribution < 1.29 is 9.59 Å². The van der Waals surface area contributed by atoms with E-state index in [2.05, 4.69) is 23.8 Å².